The SMILES string of the molecule is CCOCC1CCN(C(=O)CCCc2ccc(Cl)cc2)CC1. The Morgan fingerprint density at radius 1 is 1.27 bits per heavy atom. The number of aryl methyl sites for hydroxylation is 1. The van der Waals surface area contributed by atoms with Crippen molar-refractivity contribution in [2.75, 3.05) is 26.3 Å². The lowest BCUT2D eigenvalue weighted by Gasteiger charge is -2.32. The van der Waals surface area contributed by atoms with Crippen molar-refractivity contribution in [3.8, 4) is 0 Å². The summed E-state index contributed by atoms with van der Waals surface area (Å²) < 4.78 is 5.48. The number of hydrogen-bond acceptors (Lipinski definition) is 2. The molecular weight excluding hydrogens is 298 g/mol. The Bertz CT molecular complexity index is 453. The molecule has 22 heavy (non-hydrogen) atoms. The minimum absolute atomic E-state index is 0.295. The van der Waals surface area contributed by atoms with Crippen molar-refractivity contribution in [1.29, 1.82) is 0 Å². The lowest BCUT2D eigenvalue weighted by molar-refractivity contribution is -0.133. The summed E-state index contributed by atoms with van der Waals surface area (Å²) in [5.74, 6) is 0.918. The van der Waals surface area contributed by atoms with Gasteiger partial charge in [0.15, 0.2) is 0 Å². The van der Waals surface area contributed by atoms with Gasteiger partial charge in [0, 0.05) is 37.7 Å². The fourth-order valence-electron chi connectivity index (χ4n) is 2.89. The van der Waals surface area contributed by atoms with Crippen LogP contribution < -0.4 is 0 Å². The van der Waals surface area contributed by atoms with E-state index in [1.165, 1.54) is 5.56 Å². The van der Waals surface area contributed by atoms with E-state index < -0.39 is 0 Å². The molecule has 1 aromatic rings. The number of nitrogens with zero attached hydrogens (tertiary/aromatic N) is 1. The molecular formula is C18H26ClNO2. The van der Waals surface area contributed by atoms with Crippen LogP contribution in [0, 0.1) is 5.92 Å². The Balaban J connectivity index is 1.64. The number of piperidine rings is 1. The summed E-state index contributed by atoms with van der Waals surface area (Å²) in [6.07, 6.45) is 4.62. The van der Waals surface area contributed by atoms with Gasteiger partial charge in [-0.05, 0) is 56.2 Å². The first-order valence-electron chi connectivity index (χ1n) is 8.29. The lowest BCUT2D eigenvalue weighted by Crippen LogP contribution is -2.39. The number of carbonyl (C=O) groups is 1. The molecule has 0 unspecified atom stereocenters. The third kappa shape index (κ3) is 5.62. The van der Waals surface area contributed by atoms with Gasteiger partial charge in [-0.15, -0.1) is 0 Å². The van der Waals surface area contributed by atoms with Gasteiger partial charge in [-0.25, -0.2) is 0 Å². The van der Waals surface area contributed by atoms with Crippen molar-refractivity contribution in [1.82, 2.24) is 4.90 Å². The van der Waals surface area contributed by atoms with Crippen LogP contribution in [0.2, 0.25) is 5.02 Å². The molecule has 1 saturated heterocycles. The maximum absolute atomic E-state index is 12.2. The average molecular weight is 324 g/mol. The van der Waals surface area contributed by atoms with Gasteiger partial charge in [-0.3, -0.25) is 4.79 Å². The number of carbonyl (C=O) groups excluding carboxylic acids is 1. The number of halogens is 1. The molecule has 1 aliphatic rings. The Kier molecular flexibility index (Phi) is 7.20. The molecule has 0 saturated carbocycles. The van der Waals surface area contributed by atoms with E-state index in [1.807, 2.05) is 36.1 Å². The summed E-state index contributed by atoms with van der Waals surface area (Å²) in [6.45, 7) is 5.42. The number of likely N-dealkylation sites (tertiary alicyclic amines) is 1. The summed E-state index contributed by atoms with van der Waals surface area (Å²) in [5, 5.41) is 0.759. The van der Waals surface area contributed by atoms with Crippen LogP contribution in [-0.2, 0) is 16.0 Å². The summed E-state index contributed by atoms with van der Waals surface area (Å²) in [7, 11) is 0. The van der Waals surface area contributed by atoms with Gasteiger partial charge >= 0.3 is 0 Å². The monoisotopic (exact) mass is 323 g/mol. The summed E-state index contributed by atoms with van der Waals surface area (Å²) in [5.41, 5.74) is 1.24. The van der Waals surface area contributed by atoms with Gasteiger partial charge in [-0.1, -0.05) is 23.7 Å². The maximum atomic E-state index is 12.2. The second-order valence-corrected chi connectivity index (χ2v) is 6.40. The highest BCUT2D eigenvalue weighted by atomic mass is 35.5. The Labute approximate surface area is 138 Å². The van der Waals surface area contributed by atoms with Crippen LogP contribution in [0.5, 0.6) is 0 Å². The van der Waals surface area contributed by atoms with Crippen LogP contribution in [0.3, 0.4) is 0 Å². The average Bonchev–Trinajstić information content (AvgIpc) is 2.55. The van der Waals surface area contributed by atoms with Crippen LogP contribution in [0.25, 0.3) is 0 Å². The van der Waals surface area contributed by atoms with E-state index in [9.17, 15) is 4.79 Å². The smallest absolute Gasteiger partial charge is 0.222 e. The molecule has 0 atom stereocenters. The van der Waals surface area contributed by atoms with E-state index in [0.29, 0.717) is 18.2 Å². The van der Waals surface area contributed by atoms with Crippen molar-refractivity contribution in [3.63, 3.8) is 0 Å². The van der Waals surface area contributed by atoms with Gasteiger partial charge < -0.3 is 9.64 Å². The first-order valence-corrected chi connectivity index (χ1v) is 8.66. The molecule has 4 heteroatoms. The van der Waals surface area contributed by atoms with Crippen LogP contribution in [0.1, 0.15) is 38.2 Å². The second kappa shape index (κ2) is 9.16. The van der Waals surface area contributed by atoms with E-state index in [1.54, 1.807) is 0 Å². The largest absolute Gasteiger partial charge is 0.381 e. The predicted octanol–water partition coefficient (Wildman–Crippen LogP) is 3.94. The number of hydrogen-bond donors (Lipinski definition) is 0. The highest BCUT2D eigenvalue weighted by Gasteiger charge is 2.22. The second-order valence-electron chi connectivity index (χ2n) is 5.96. The fourth-order valence-corrected chi connectivity index (χ4v) is 3.01. The molecule has 122 valence electrons. The van der Waals surface area contributed by atoms with E-state index in [2.05, 4.69) is 0 Å². The lowest BCUT2D eigenvalue weighted by atomic mass is 9.97. The van der Waals surface area contributed by atoms with Crippen LogP contribution in [0.15, 0.2) is 24.3 Å². The van der Waals surface area contributed by atoms with E-state index >= 15 is 0 Å². The Morgan fingerprint density at radius 3 is 2.59 bits per heavy atom. The highest BCUT2D eigenvalue weighted by Crippen LogP contribution is 2.19. The molecule has 1 heterocycles. The third-order valence-corrected chi connectivity index (χ3v) is 4.55. The van der Waals surface area contributed by atoms with Crippen molar-refractivity contribution in [3.05, 3.63) is 34.9 Å². The topological polar surface area (TPSA) is 29.5 Å². The normalized spacial score (nSPS) is 16.0. The van der Waals surface area contributed by atoms with Crippen LogP contribution in [0.4, 0.5) is 0 Å². The van der Waals surface area contributed by atoms with E-state index in [0.717, 1.165) is 57.0 Å². The molecule has 1 fully saturated rings. The Hall–Kier alpha value is -1.06. The van der Waals surface area contributed by atoms with Crippen molar-refractivity contribution < 1.29 is 9.53 Å². The molecule has 0 radical (unpaired) electrons. The maximum Gasteiger partial charge on any atom is 0.222 e. The number of amides is 1. The van der Waals surface area contributed by atoms with Crippen molar-refractivity contribution >= 4 is 17.5 Å². The number of benzene rings is 1. The van der Waals surface area contributed by atoms with Gasteiger partial charge in [0.1, 0.15) is 0 Å². The molecule has 1 amide bonds. The van der Waals surface area contributed by atoms with Crippen LogP contribution >= 0.6 is 11.6 Å². The zero-order valence-electron chi connectivity index (χ0n) is 13.4. The van der Waals surface area contributed by atoms with Crippen LogP contribution in [-0.4, -0.2) is 37.1 Å². The molecule has 2 rings (SSSR count). The molecule has 3 nitrogen and oxygen atoms in total. The van der Waals surface area contributed by atoms with Gasteiger partial charge in [-0.2, -0.15) is 0 Å². The van der Waals surface area contributed by atoms with Gasteiger partial charge in [0.2, 0.25) is 5.91 Å². The molecule has 0 N–H and O–H groups in total. The quantitative estimate of drug-likeness (QED) is 0.760. The van der Waals surface area contributed by atoms with Gasteiger partial charge in [0.25, 0.3) is 0 Å². The predicted molar refractivity (Wildman–Crippen MR) is 90.2 cm³/mol. The molecule has 1 aromatic carbocycles. The first-order chi connectivity index (χ1) is 10.7. The molecule has 0 aromatic heterocycles. The highest BCUT2D eigenvalue weighted by molar-refractivity contribution is 6.30. The first kappa shape index (κ1) is 17.3. The minimum atomic E-state index is 0.295. The summed E-state index contributed by atoms with van der Waals surface area (Å²) >= 11 is 5.87. The Morgan fingerprint density at radius 2 is 1.95 bits per heavy atom. The third-order valence-electron chi connectivity index (χ3n) is 4.29. The van der Waals surface area contributed by atoms with E-state index in [-0.39, 0.29) is 0 Å². The molecule has 0 spiro atoms. The number of rotatable bonds is 7. The fraction of sp³-hybridized carbons (Fsp3) is 0.611. The van der Waals surface area contributed by atoms with Crippen molar-refractivity contribution in [2.45, 2.75) is 39.0 Å². The minimum Gasteiger partial charge on any atom is -0.381 e. The van der Waals surface area contributed by atoms with Gasteiger partial charge in [0.05, 0.1) is 0 Å². The summed E-state index contributed by atoms with van der Waals surface area (Å²) in [4.78, 5) is 14.3. The standard InChI is InChI=1S/C18H26ClNO2/c1-2-22-14-16-10-12-20(13-11-16)18(21)5-3-4-15-6-8-17(19)9-7-15/h6-9,16H,2-5,10-14H2,1H3. The summed E-state index contributed by atoms with van der Waals surface area (Å²) in [6, 6.07) is 7.88. The molecule has 0 aliphatic carbocycles. The van der Waals surface area contributed by atoms with E-state index in [4.69, 9.17) is 16.3 Å². The van der Waals surface area contributed by atoms with Crippen molar-refractivity contribution in [2.24, 2.45) is 5.92 Å². The zero-order valence-corrected chi connectivity index (χ0v) is 14.1. The molecule has 0 bridgehead atoms. The zero-order chi connectivity index (χ0) is 15.8. The number of ether oxygens (including phenoxy) is 1. The molecule has 1 aliphatic heterocycles.